The molecule has 2 N–H and O–H groups in total. The second-order valence-electron chi connectivity index (χ2n) is 6.60. The summed E-state index contributed by atoms with van der Waals surface area (Å²) in [6.07, 6.45) is 4.97. The molecule has 1 heterocycles. The molecule has 1 aromatic carbocycles. The van der Waals surface area contributed by atoms with Crippen molar-refractivity contribution in [3.05, 3.63) is 29.8 Å². The van der Waals surface area contributed by atoms with E-state index in [1.165, 1.54) is 5.56 Å². The molecule has 0 spiro atoms. The third-order valence-corrected chi connectivity index (χ3v) is 4.83. The number of carbonyl (C=O) groups is 1. The van der Waals surface area contributed by atoms with Gasteiger partial charge < -0.3 is 19.9 Å². The number of hydrogen-bond donors (Lipinski definition) is 2. The molecule has 134 valence electrons. The first-order chi connectivity index (χ1) is 11.7. The van der Waals surface area contributed by atoms with E-state index in [1.807, 2.05) is 12.1 Å². The number of amides is 1. The normalized spacial score (nSPS) is 16.6. The summed E-state index contributed by atoms with van der Waals surface area (Å²) in [4.78, 5) is 12.0. The Morgan fingerprint density at radius 2 is 1.96 bits per heavy atom. The standard InChI is InChI=1S/C19H29NO4/c1-23-17-8-6-16(7-9-17)4-2-3-5-18(22)20-14-19(15-21)10-12-24-13-11-19/h6-9,21H,2-5,10-15H2,1H3,(H,20,22). The van der Waals surface area contributed by atoms with E-state index in [9.17, 15) is 9.90 Å². The van der Waals surface area contributed by atoms with Crippen molar-refractivity contribution in [1.29, 1.82) is 0 Å². The number of nitrogens with one attached hydrogen (secondary N) is 1. The van der Waals surface area contributed by atoms with E-state index < -0.39 is 0 Å². The molecule has 0 bridgehead atoms. The summed E-state index contributed by atoms with van der Waals surface area (Å²) < 4.78 is 10.5. The number of carbonyl (C=O) groups excluding carboxylic acids is 1. The summed E-state index contributed by atoms with van der Waals surface area (Å²) >= 11 is 0. The predicted octanol–water partition coefficient (Wildman–Crippen LogP) is 2.31. The van der Waals surface area contributed by atoms with Crippen molar-refractivity contribution < 1.29 is 19.4 Å². The summed E-state index contributed by atoms with van der Waals surface area (Å²) in [7, 11) is 1.66. The minimum atomic E-state index is -0.197. The smallest absolute Gasteiger partial charge is 0.220 e. The lowest BCUT2D eigenvalue weighted by Crippen LogP contribution is -2.43. The fourth-order valence-corrected chi connectivity index (χ4v) is 2.98. The second kappa shape index (κ2) is 9.64. The topological polar surface area (TPSA) is 67.8 Å². The summed E-state index contributed by atoms with van der Waals surface area (Å²) in [5.41, 5.74) is 1.06. The van der Waals surface area contributed by atoms with Crippen molar-refractivity contribution in [3.63, 3.8) is 0 Å². The fraction of sp³-hybridized carbons (Fsp3) is 0.632. The largest absolute Gasteiger partial charge is 0.497 e. The van der Waals surface area contributed by atoms with Crippen LogP contribution in [0, 0.1) is 5.41 Å². The molecule has 0 radical (unpaired) electrons. The van der Waals surface area contributed by atoms with Crippen LogP contribution in [-0.2, 0) is 16.0 Å². The maximum Gasteiger partial charge on any atom is 0.220 e. The van der Waals surface area contributed by atoms with E-state index in [4.69, 9.17) is 9.47 Å². The molecule has 1 aliphatic heterocycles. The van der Waals surface area contributed by atoms with Gasteiger partial charge in [0.2, 0.25) is 5.91 Å². The highest BCUT2D eigenvalue weighted by Crippen LogP contribution is 2.29. The van der Waals surface area contributed by atoms with Crippen molar-refractivity contribution in [1.82, 2.24) is 5.32 Å². The van der Waals surface area contributed by atoms with E-state index in [0.717, 1.165) is 37.9 Å². The SMILES string of the molecule is COc1ccc(CCCCC(=O)NCC2(CO)CCOCC2)cc1. The molecule has 0 aromatic heterocycles. The molecule has 2 rings (SSSR count). The molecule has 5 nitrogen and oxygen atoms in total. The molecule has 1 fully saturated rings. The first kappa shape index (κ1) is 18.7. The number of aliphatic hydroxyl groups is 1. The predicted molar refractivity (Wildman–Crippen MR) is 93.1 cm³/mol. The van der Waals surface area contributed by atoms with Gasteiger partial charge in [0, 0.05) is 31.6 Å². The van der Waals surface area contributed by atoms with Crippen molar-refractivity contribution in [3.8, 4) is 5.75 Å². The van der Waals surface area contributed by atoms with Gasteiger partial charge in [-0.3, -0.25) is 4.79 Å². The van der Waals surface area contributed by atoms with Gasteiger partial charge in [-0.05, 0) is 49.8 Å². The monoisotopic (exact) mass is 335 g/mol. The van der Waals surface area contributed by atoms with Crippen molar-refractivity contribution >= 4 is 5.91 Å². The molecule has 1 aromatic rings. The van der Waals surface area contributed by atoms with Crippen molar-refractivity contribution in [2.24, 2.45) is 5.41 Å². The van der Waals surface area contributed by atoms with Crippen LogP contribution >= 0.6 is 0 Å². The van der Waals surface area contributed by atoms with E-state index >= 15 is 0 Å². The highest BCUT2D eigenvalue weighted by atomic mass is 16.5. The molecule has 0 saturated carbocycles. The quantitative estimate of drug-likeness (QED) is 0.680. The Morgan fingerprint density at radius 1 is 1.25 bits per heavy atom. The van der Waals surface area contributed by atoms with E-state index in [2.05, 4.69) is 17.4 Å². The molecule has 24 heavy (non-hydrogen) atoms. The number of unbranched alkanes of at least 4 members (excludes halogenated alkanes) is 1. The molecular weight excluding hydrogens is 306 g/mol. The summed E-state index contributed by atoms with van der Waals surface area (Å²) in [5.74, 6) is 0.938. The van der Waals surface area contributed by atoms with Gasteiger partial charge in [-0.25, -0.2) is 0 Å². The summed E-state index contributed by atoms with van der Waals surface area (Å²) in [6, 6.07) is 8.05. The Morgan fingerprint density at radius 3 is 2.58 bits per heavy atom. The molecule has 0 aliphatic carbocycles. The van der Waals surface area contributed by atoms with Crippen LogP contribution < -0.4 is 10.1 Å². The fourth-order valence-electron chi connectivity index (χ4n) is 2.98. The van der Waals surface area contributed by atoms with Crippen LogP contribution in [0.25, 0.3) is 0 Å². The lowest BCUT2D eigenvalue weighted by Gasteiger charge is -2.35. The van der Waals surface area contributed by atoms with Crippen LogP contribution in [0.4, 0.5) is 0 Å². The third kappa shape index (κ3) is 5.80. The Balaban J connectivity index is 1.62. The van der Waals surface area contributed by atoms with E-state index in [0.29, 0.717) is 26.2 Å². The van der Waals surface area contributed by atoms with Gasteiger partial charge in [0.1, 0.15) is 5.75 Å². The van der Waals surface area contributed by atoms with Crippen LogP contribution in [-0.4, -0.2) is 44.5 Å². The van der Waals surface area contributed by atoms with Gasteiger partial charge in [-0.1, -0.05) is 12.1 Å². The van der Waals surface area contributed by atoms with Gasteiger partial charge >= 0.3 is 0 Å². The highest BCUT2D eigenvalue weighted by Gasteiger charge is 2.32. The summed E-state index contributed by atoms with van der Waals surface area (Å²) in [5, 5.41) is 12.6. The molecule has 1 amide bonds. The van der Waals surface area contributed by atoms with Crippen LogP contribution in [0.15, 0.2) is 24.3 Å². The summed E-state index contributed by atoms with van der Waals surface area (Å²) in [6.45, 7) is 1.98. The lowest BCUT2D eigenvalue weighted by molar-refractivity contribution is -0.122. The minimum absolute atomic E-state index is 0.0732. The van der Waals surface area contributed by atoms with Crippen LogP contribution in [0.5, 0.6) is 5.75 Å². The average Bonchev–Trinajstić information content (AvgIpc) is 2.65. The number of aryl methyl sites for hydroxylation is 1. The van der Waals surface area contributed by atoms with E-state index in [1.54, 1.807) is 7.11 Å². The first-order valence-electron chi connectivity index (χ1n) is 8.76. The first-order valence-corrected chi connectivity index (χ1v) is 8.76. The van der Waals surface area contributed by atoms with Gasteiger partial charge in [-0.15, -0.1) is 0 Å². The van der Waals surface area contributed by atoms with E-state index in [-0.39, 0.29) is 17.9 Å². The van der Waals surface area contributed by atoms with Crippen LogP contribution in [0.3, 0.4) is 0 Å². The number of ether oxygens (including phenoxy) is 2. The van der Waals surface area contributed by atoms with Gasteiger partial charge in [-0.2, -0.15) is 0 Å². The average molecular weight is 335 g/mol. The molecule has 0 atom stereocenters. The number of rotatable bonds is 9. The van der Waals surface area contributed by atoms with Gasteiger partial charge in [0.05, 0.1) is 13.7 Å². The van der Waals surface area contributed by atoms with Crippen molar-refractivity contribution in [2.75, 3.05) is 33.5 Å². The zero-order valence-corrected chi connectivity index (χ0v) is 14.6. The van der Waals surface area contributed by atoms with Crippen LogP contribution in [0.2, 0.25) is 0 Å². The Labute approximate surface area is 144 Å². The van der Waals surface area contributed by atoms with Crippen molar-refractivity contribution in [2.45, 2.75) is 38.5 Å². The molecule has 1 aliphatic rings. The highest BCUT2D eigenvalue weighted by molar-refractivity contribution is 5.75. The third-order valence-electron chi connectivity index (χ3n) is 4.83. The second-order valence-corrected chi connectivity index (χ2v) is 6.60. The van der Waals surface area contributed by atoms with Crippen LogP contribution in [0.1, 0.15) is 37.7 Å². The lowest BCUT2D eigenvalue weighted by atomic mass is 9.81. The number of aliphatic hydroxyl groups excluding tert-OH is 1. The minimum Gasteiger partial charge on any atom is -0.497 e. The molecule has 1 saturated heterocycles. The Bertz CT molecular complexity index is 495. The van der Waals surface area contributed by atoms with Gasteiger partial charge in [0.15, 0.2) is 0 Å². The Hall–Kier alpha value is -1.59. The maximum atomic E-state index is 12.0. The number of hydrogen-bond acceptors (Lipinski definition) is 4. The maximum absolute atomic E-state index is 12.0. The Kier molecular flexibility index (Phi) is 7.53. The number of methoxy groups -OCH3 is 1. The number of benzene rings is 1. The zero-order chi connectivity index (χ0) is 17.3. The van der Waals surface area contributed by atoms with Gasteiger partial charge in [0.25, 0.3) is 0 Å². The molecule has 0 unspecified atom stereocenters. The zero-order valence-electron chi connectivity index (χ0n) is 14.6. The molecular formula is C19H29NO4. The molecule has 5 heteroatoms.